The third-order valence-corrected chi connectivity index (χ3v) is 9.70. The predicted molar refractivity (Wildman–Crippen MR) is 119 cm³/mol. The summed E-state index contributed by atoms with van der Waals surface area (Å²) in [5.74, 6) is -3.53. The summed E-state index contributed by atoms with van der Waals surface area (Å²) in [4.78, 5) is 51.2. The van der Waals surface area contributed by atoms with Crippen LogP contribution in [0.4, 0.5) is 0 Å². The molecule has 1 spiro atoms. The van der Waals surface area contributed by atoms with E-state index in [4.69, 9.17) is 18.9 Å². The highest BCUT2D eigenvalue weighted by Crippen LogP contribution is 2.74. The van der Waals surface area contributed by atoms with Crippen LogP contribution in [0.3, 0.4) is 0 Å². The standard InChI is InChI=1S/C26H34O9/c1-12-16-9-17(33-13(2)27)20-25-8-6-7-24(5,11-32-23(25)31)18(25)10-19(34-14(3)28)26(20,21(12)30)22(16)35-15(4)29/h16-20,22-23,31H,1,6-11H2,2-5H3/t16-,17-,18+,19+,20-,22+,23-,24-,25-,26+/m0/s1. The predicted octanol–water partition coefficient (Wildman–Crippen LogP) is 2.09. The number of hydrogen-bond donors (Lipinski definition) is 1. The lowest BCUT2D eigenvalue weighted by molar-refractivity contribution is -0.357. The third-order valence-electron chi connectivity index (χ3n) is 9.70. The molecule has 1 heterocycles. The maximum atomic E-state index is 14.2. The van der Waals surface area contributed by atoms with Crippen LogP contribution in [0, 0.1) is 34.0 Å². The van der Waals surface area contributed by atoms with Crippen molar-refractivity contribution in [3.63, 3.8) is 0 Å². The van der Waals surface area contributed by atoms with Crippen molar-refractivity contribution in [2.45, 2.75) is 84.4 Å². The third kappa shape index (κ3) is 3.06. The van der Waals surface area contributed by atoms with Crippen LogP contribution in [0.2, 0.25) is 0 Å². The van der Waals surface area contributed by atoms with Crippen molar-refractivity contribution in [2.24, 2.45) is 34.0 Å². The van der Waals surface area contributed by atoms with Crippen LogP contribution in [0.15, 0.2) is 12.2 Å². The lowest BCUT2D eigenvalue weighted by Gasteiger charge is -2.70. The Labute approximate surface area is 204 Å². The summed E-state index contributed by atoms with van der Waals surface area (Å²) >= 11 is 0. The molecule has 0 aromatic rings. The summed E-state index contributed by atoms with van der Waals surface area (Å²) in [5, 5.41) is 11.5. The molecule has 1 saturated heterocycles. The zero-order chi connectivity index (χ0) is 25.5. The topological polar surface area (TPSA) is 125 Å². The Morgan fingerprint density at radius 1 is 1.03 bits per heavy atom. The average molecular weight is 491 g/mol. The van der Waals surface area contributed by atoms with E-state index in [1.807, 2.05) is 0 Å². The molecule has 0 unspecified atom stereocenters. The van der Waals surface area contributed by atoms with Crippen molar-refractivity contribution < 1.29 is 43.2 Å². The maximum absolute atomic E-state index is 14.2. The van der Waals surface area contributed by atoms with Crippen LogP contribution < -0.4 is 0 Å². The second kappa shape index (κ2) is 7.87. The van der Waals surface area contributed by atoms with Gasteiger partial charge in [-0.05, 0) is 42.6 Å². The Bertz CT molecular complexity index is 1000. The van der Waals surface area contributed by atoms with Gasteiger partial charge < -0.3 is 24.1 Å². The maximum Gasteiger partial charge on any atom is 0.302 e. The summed E-state index contributed by atoms with van der Waals surface area (Å²) in [6.07, 6.45) is -1.13. The molecule has 9 heteroatoms. The summed E-state index contributed by atoms with van der Waals surface area (Å²) in [5.41, 5.74) is -2.54. The summed E-state index contributed by atoms with van der Waals surface area (Å²) < 4.78 is 23.6. The number of Topliss-reactive ketones (excluding diaryl/α,β-unsaturated/α-hetero) is 1. The molecular formula is C26H34O9. The van der Waals surface area contributed by atoms with Crippen molar-refractivity contribution in [1.29, 1.82) is 0 Å². The highest BCUT2D eigenvalue weighted by Gasteiger charge is 2.82. The van der Waals surface area contributed by atoms with E-state index >= 15 is 0 Å². The molecule has 0 aromatic heterocycles. The average Bonchev–Trinajstić information content (AvgIpc) is 2.87. The molecule has 5 rings (SSSR count). The molecular weight excluding hydrogens is 456 g/mol. The molecule has 9 nitrogen and oxygen atoms in total. The summed E-state index contributed by atoms with van der Waals surface area (Å²) in [7, 11) is 0. The van der Waals surface area contributed by atoms with E-state index in [1.54, 1.807) is 0 Å². The minimum atomic E-state index is -1.53. The van der Waals surface area contributed by atoms with E-state index in [0.29, 0.717) is 19.4 Å². The van der Waals surface area contributed by atoms with Gasteiger partial charge in [-0.1, -0.05) is 19.9 Å². The number of carbonyl (C=O) groups is 4. The number of fused-ring (bicyclic) bond motifs is 1. The van der Waals surface area contributed by atoms with E-state index in [9.17, 15) is 24.3 Å². The van der Waals surface area contributed by atoms with Gasteiger partial charge in [-0.15, -0.1) is 0 Å². The first-order valence-corrected chi connectivity index (χ1v) is 12.4. The van der Waals surface area contributed by atoms with E-state index in [-0.39, 0.29) is 29.1 Å². The van der Waals surface area contributed by atoms with Crippen LogP contribution in [-0.4, -0.2) is 60.0 Å². The number of ketones is 1. The van der Waals surface area contributed by atoms with E-state index in [2.05, 4.69) is 13.5 Å². The van der Waals surface area contributed by atoms with E-state index in [0.717, 1.165) is 12.8 Å². The van der Waals surface area contributed by atoms with Gasteiger partial charge in [0.2, 0.25) is 0 Å². The van der Waals surface area contributed by atoms with Gasteiger partial charge in [0.1, 0.15) is 23.7 Å². The molecule has 1 aliphatic heterocycles. The van der Waals surface area contributed by atoms with E-state index in [1.165, 1.54) is 20.8 Å². The lowest BCUT2D eigenvalue weighted by Crippen LogP contribution is -2.76. The van der Waals surface area contributed by atoms with Crippen molar-refractivity contribution in [3.8, 4) is 0 Å². The number of esters is 3. The number of rotatable bonds is 3. The smallest absolute Gasteiger partial charge is 0.302 e. The second-order valence-corrected chi connectivity index (χ2v) is 11.5. The van der Waals surface area contributed by atoms with Gasteiger partial charge in [0.25, 0.3) is 0 Å². The summed E-state index contributed by atoms with van der Waals surface area (Å²) in [6.45, 7) is 10.4. The van der Waals surface area contributed by atoms with Gasteiger partial charge in [0.05, 0.1) is 6.61 Å². The quantitative estimate of drug-likeness (QED) is 0.359. The molecule has 0 amide bonds. The van der Waals surface area contributed by atoms with Crippen LogP contribution >= 0.6 is 0 Å². The zero-order valence-corrected chi connectivity index (χ0v) is 20.7. The van der Waals surface area contributed by atoms with Gasteiger partial charge in [-0.3, -0.25) is 19.2 Å². The monoisotopic (exact) mass is 490 g/mol. The highest BCUT2D eigenvalue weighted by molar-refractivity contribution is 6.05. The molecule has 10 atom stereocenters. The van der Waals surface area contributed by atoms with Crippen LogP contribution in [0.5, 0.6) is 0 Å². The Hall–Kier alpha value is -2.26. The summed E-state index contributed by atoms with van der Waals surface area (Å²) in [6, 6.07) is 0. The van der Waals surface area contributed by atoms with Crippen LogP contribution in [0.1, 0.15) is 59.8 Å². The molecule has 192 valence electrons. The fourth-order valence-electron chi connectivity index (χ4n) is 8.85. The Morgan fingerprint density at radius 3 is 2.31 bits per heavy atom. The molecule has 4 bridgehead atoms. The second-order valence-electron chi connectivity index (χ2n) is 11.5. The first-order chi connectivity index (χ1) is 16.4. The number of carbonyl (C=O) groups excluding carboxylic acids is 4. The lowest BCUT2D eigenvalue weighted by atomic mass is 9.37. The van der Waals surface area contributed by atoms with Crippen molar-refractivity contribution in [3.05, 3.63) is 12.2 Å². The van der Waals surface area contributed by atoms with Gasteiger partial charge in [-0.25, -0.2) is 0 Å². The fourth-order valence-corrected chi connectivity index (χ4v) is 8.85. The molecule has 0 radical (unpaired) electrons. The zero-order valence-electron chi connectivity index (χ0n) is 20.7. The number of aliphatic hydroxyl groups is 1. The highest BCUT2D eigenvalue weighted by atomic mass is 16.6. The minimum absolute atomic E-state index is 0.165. The molecule has 4 saturated carbocycles. The molecule has 0 aromatic carbocycles. The normalized spacial score (nSPS) is 47.9. The Kier molecular flexibility index (Phi) is 5.49. The number of aliphatic hydroxyl groups excluding tert-OH is 1. The molecule has 1 N–H and O–H groups in total. The first kappa shape index (κ1) is 24.4. The molecule has 4 aliphatic carbocycles. The largest absolute Gasteiger partial charge is 0.462 e. The van der Waals surface area contributed by atoms with Crippen molar-refractivity contribution >= 4 is 23.7 Å². The minimum Gasteiger partial charge on any atom is -0.462 e. The van der Waals surface area contributed by atoms with Crippen LogP contribution in [-0.2, 0) is 38.1 Å². The van der Waals surface area contributed by atoms with Gasteiger partial charge in [0, 0.05) is 38.0 Å². The number of ether oxygens (including phenoxy) is 4. The van der Waals surface area contributed by atoms with Gasteiger partial charge in [-0.2, -0.15) is 0 Å². The van der Waals surface area contributed by atoms with Crippen LogP contribution in [0.25, 0.3) is 0 Å². The van der Waals surface area contributed by atoms with Crippen molar-refractivity contribution in [1.82, 2.24) is 0 Å². The van der Waals surface area contributed by atoms with Gasteiger partial charge >= 0.3 is 17.9 Å². The Morgan fingerprint density at radius 2 is 1.69 bits per heavy atom. The van der Waals surface area contributed by atoms with Gasteiger partial charge in [0.15, 0.2) is 12.1 Å². The molecule has 5 aliphatic rings. The Balaban J connectivity index is 1.80. The number of hydrogen-bond acceptors (Lipinski definition) is 9. The first-order valence-electron chi connectivity index (χ1n) is 12.4. The fraction of sp³-hybridized carbons (Fsp3) is 0.769. The molecule has 35 heavy (non-hydrogen) atoms. The SMILES string of the molecule is C=C1C(=O)[C@]23[C@H](OC(C)=O)[C@H]1C[C@H](OC(C)=O)[C@H]2[C@@]12CCC[C@@](C)(CO[C@@H]1O)[C@H]2C[C@H]3OC(C)=O. The molecule has 5 fully saturated rings. The van der Waals surface area contributed by atoms with E-state index < -0.39 is 65.2 Å². The van der Waals surface area contributed by atoms with Crippen molar-refractivity contribution in [2.75, 3.05) is 6.61 Å².